The molecule has 0 atom stereocenters. The molecule has 2 N–H and O–H groups in total. The third-order valence-corrected chi connectivity index (χ3v) is 3.79. The predicted octanol–water partition coefficient (Wildman–Crippen LogP) is 1.23. The molecule has 0 fully saturated rings. The van der Waals surface area contributed by atoms with Gasteiger partial charge in [0.2, 0.25) is 10.0 Å². The molecule has 0 heterocycles. The Morgan fingerprint density at radius 3 is 2.65 bits per heavy atom. The van der Waals surface area contributed by atoms with Gasteiger partial charge in [-0.3, -0.25) is 0 Å². The maximum Gasteiger partial charge on any atom is 0.335 e. The number of halogens is 1. The van der Waals surface area contributed by atoms with Gasteiger partial charge in [0.1, 0.15) is 10.7 Å². The molecule has 0 unspecified atom stereocenters. The van der Waals surface area contributed by atoms with Gasteiger partial charge in [-0.05, 0) is 32.0 Å². The summed E-state index contributed by atoms with van der Waals surface area (Å²) in [6.07, 6.45) is -0.0495. The van der Waals surface area contributed by atoms with Gasteiger partial charge in [-0.15, -0.1) is 0 Å². The van der Waals surface area contributed by atoms with Crippen molar-refractivity contribution in [2.75, 3.05) is 13.2 Å². The van der Waals surface area contributed by atoms with Crippen molar-refractivity contribution in [2.24, 2.45) is 0 Å². The SMILES string of the molecule is CC(C)OCCNS(=O)(=O)c1cc(C(=O)O)ccc1F. The number of hydrogen-bond donors (Lipinski definition) is 2. The number of aromatic carboxylic acids is 1. The van der Waals surface area contributed by atoms with Crippen molar-refractivity contribution in [2.45, 2.75) is 24.8 Å². The molecule has 0 aromatic heterocycles. The monoisotopic (exact) mass is 305 g/mol. The van der Waals surface area contributed by atoms with Crippen LogP contribution in [0.3, 0.4) is 0 Å². The summed E-state index contributed by atoms with van der Waals surface area (Å²) in [5.41, 5.74) is -0.301. The third kappa shape index (κ3) is 4.55. The van der Waals surface area contributed by atoms with Gasteiger partial charge >= 0.3 is 5.97 Å². The van der Waals surface area contributed by atoms with Gasteiger partial charge in [0, 0.05) is 6.54 Å². The number of nitrogens with one attached hydrogen (secondary N) is 1. The van der Waals surface area contributed by atoms with E-state index in [4.69, 9.17) is 9.84 Å². The molecule has 1 aromatic rings. The van der Waals surface area contributed by atoms with Crippen molar-refractivity contribution in [1.29, 1.82) is 0 Å². The Kier molecular flexibility index (Phi) is 5.61. The highest BCUT2D eigenvalue weighted by atomic mass is 32.2. The topological polar surface area (TPSA) is 92.7 Å². The second-order valence-electron chi connectivity index (χ2n) is 4.27. The van der Waals surface area contributed by atoms with Crippen LogP contribution in [-0.4, -0.2) is 38.7 Å². The van der Waals surface area contributed by atoms with Gasteiger partial charge in [-0.25, -0.2) is 22.3 Å². The summed E-state index contributed by atoms with van der Waals surface area (Å²) in [5, 5.41) is 8.78. The minimum atomic E-state index is -4.11. The van der Waals surface area contributed by atoms with Crippen LogP contribution >= 0.6 is 0 Å². The highest BCUT2D eigenvalue weighted by Gasteiger charge is 2.20. The van der Waals surface area contributed by atoms with E-state index in [1.54, 1.807) is 13.8 Å². The normalized spacial score (nSPS) is 11.8. The van der Waals surface area contributed by atoms with Gasteiger partial charge < -0.3 is 9.84 Å². The fraction of sp³-hybridized carbons (Fsp3) is 0.417. The highest BCUT2D eigenvalue weighted by molar-refractivity contribution is 7.89. The first-order chi connectivity index (χ1) is 9.24. The fourth-order valence-electron chi connectivity index (χ4n) is 1.39. The summed E-state index contributed by atoms with van der Waals surface area (Å²) in [6.45, 7) is 3.70. The Balaban J connectivity index is 2.86. The minimum absolute atomic E-state index is 0.0305. The lowest BCUT2D eigenvalue weighted by atomic mass is 10.2. The summed E-state index contributed by atoms with van der Waals surface area (Å²) in [7, 11) is -4.11. The number of benzene rings is 1. The van der Waals surface area contributed by atoms with Crippen molar-refractivity contribution in [3.05, 3.63) is 29.6 Å². The van der Waals surface area contributed by atoms with E-state index in [-0.39, 0.29) is 24.8 Å². The Hall–Kier alpha value is -1.51. The van der Waals surface area contributed by atoms with Gasteiger partial charge in [-0.1, -0.05) is 0 Å². The van der Waals surface area contributed by atoms with E-state index < -0.39 is 26.7 Å². The molecule has 0 aliphatic heterocycles. The smallest absolute Gasteiger partial charge is 0.335 e. The quantitative estimate of drug-likeness (QED) is 0.739. The molecule has 8 heteroatoms. The molecule has 1 aromatic carbocycles. The number of carboxylic acids is 1. The largest absolute Gasteiger partial charge is 0.478 e. The van der Waals surface area contributed by atoms with E-state index >= 15 is 0 Å². The van der Waals surface area contributed by atoms with E-state index in [1.807, 2.05) is 0 Å². The zero-order valence-corrected chi connectivity index (χ0v) is 11.9. The zero-order valence-electron chi connectivity index (χ0n) is 11.1. The van der Waals surface area contributed by atoms with E-state index in [0.29, 0.717) is 0 Å². The van der Waals surface area contributed by atoms with E-state index in [9.17, 15) is 17.6 Å². The lowest BCUT2D eigenvalue weighted by Gasteiger charge is -2.10. The second kappa shape index (κ2) is 6.78. The molecule has 0 saturated heterocycles. The van der Waals surface area contributed by atoms with Crippen LogP contribution < -0.4 is 4.72 Å². The Labute approximate surface area is 116 Å². The fourth-order valence-corrected chi connectivity index (χ4v) is 2.51. The number of carboxylic acid groups (broad SMARTS) is 1. The molecule has 0 aliphatic carbocycles. The number of carbonyl (C=O) groups is 1. The zero-order chi connectivity index (χ0) is 15.3. The van der Waals surface area contributed by atoms with Crippen molar-refractivity contribution < 1.29 is 27.4 Å². The number of sulfonamides is 1. The van der Waals surface area contributed by atoms with Crippen LogP contribution in [0.25, 0.3) is 0 Å². The lowest BCUT2D eigenvalue weighted by Crippen LogP contribution is -2.29. The van der Waals surface area contributed by atoms with Crippen LogP contribution in [0.5, 0.6) is 0 Å². The van der Waals surface area contributed by atoms with Gasteiger partial charge in [0.15, 0.2) is 0 Å². The maximum absolute atomic E-state index is 13.5. The Morgan fingerprint density at radius 1 is 1.45 bits per heavy atom. The molecule has 0 spiro atoms. The van der Waals surface area contributed by atoms with E-state index in [0.717, 1.165) is 18.2 Å². The van der Waals surface area contributed by atoms with Crippen LogP contribution in [-0.2, 0) is 14.8 Å². The first-order valence-corrected chi connectivity index (χ1v) is 7.36. The summed E-state index contributed by atoms with van der Waals surface area (Å²) in [4.78, 5) is 10.1. The van der Waals surface area contributed by atoms with Crippen LogP contribution in [0.4, 0.5) is 4.39 Å². The maximum atomic E-state index is 13.5. The molecular formula is C12H16FNO5S. The van der Waals surface area contributed by atoms with Crippen molar-refractivity contribution in [3.8, 4) is 0 Å². The van der Waals surface area contributed by atoms with Crippen LogP contribution in [0.1, 0.15) is 24.2 Å². The molecule has 0 saturated carbocycles. The number of ether oxygens (including phenoxy) is 1. The first kappa shape index (κ1) is 16.5. The van der Waals surface area contributed by atoms with Crippen molar-refractivity contribution in [1.82, 2.24) is 4.72 Å². The van der Waals surface area contributed by atoms with Crippen molar-refractivity contribution in [3.63, 3.8) is 0 Å². The van der Waals surface area contributed by atoms with Crippen LogP contribution in [0.2, 0.25) is 0 Å². The Bertz CT molecular complexity index is 586. The molecule has 0 aliphatic rings. The molecular weight excluding hydrogens is 289 g/mol. The predicted molar refractivity (Wildman–Crippen MR) is 69.6 cm³/mol. The standard InChI is InChI=1S/C12H16FNO5S/c1-8(2)19-6-5-14-20(17,18)11-7-9(12(15)16)3-4-10(11)13/h3-4,7-8,14H,5-6H2,1-2H3,(H,15,16). The van der Waals surface area contributed by atoms with E-state index in [2.05, 4.69) is 4.72 Å². The van der Waals surface area contributed by atoms with Gasteiger partial charge in [0.25, 0.3) is 0 Å². The highest BCUT2D eigenvalue weighted by Crippen LogP contribution is 2.16. The summed E-state index contributed by atoms with van der Waals surface area (Å²) in [5.74, 6) is -2.34. The number of rotatable bonds is 7. The average Bonchev–Trinajstić information content (AvgIpc) is 2.34. The molecule has 20 heavy (non-hydrogen) atoms. The minimum Gasteiger partial charge on any atom is -0.478 e. The molecule has 1 rings (SSSR count). The average molecular weight is 305 g/mol. The summed E-state index contributed by atoms with van der Waals surface area (Å²) in [6, 6.07) is 2.59. The van der Waals surface area contributed by atoms with Crippen LogP contribution in [0.15, 0.2) is 23.1 Å². The van der Waals surface area contributed by atoms with Gasteiger partial charge in [-0.2, -0.15) is 0 Å². The molecule has 0 bridgehead atoms. The third-order valence-electron chi connectivity index (χ3n) is 2.31. The van der Waals surface area contributed by atoms with Gasteiger partial charge in [0.05, 0.1) is 18.3 Å². The summed E-state index contributed by atoms with van der Waals surface area (Å²) >= 11 is 0. The first-order valence-electron chi connectivity index (χ1n) is 5.88. The molecule has 0 radical (unpaired) electrons. The molecule has 0 amide bonds. The van der Waals surface area contributed by atoms with Crippen molar-refractivity contribution >= 4 is 16.0 Å². The molecule has 6 nitrogen and oxygen atoms in total. The summed E-state index contributed by atoms with van der Waals surface area (Å²) < 4.78 is 44.6. The van der Waals surface area contributed by atoms with Crippen LogP contribution in [0, 0.1) is 5.82 Å². The Morgan fingerprint density at radius 2 is 2.10 bits per heavy atom. The molecule has 112 valence electrons. The number of hydrogen-bond acceptors (Lipinski definition) is 4. The lowest BCUT2D eigenvalue weighted by molar-refractivity contribution is 0.0696. The van der Waals surface area contributed by atoms with E-state index in [1.165, 1.54) is 0 Å². The second-order valence-corrected chi connectivity index (χ2v) is 6.00.